The van der Waals surface area contributed by atoms with Crippen molar-refractivity contribution in [1.82, 2.24) is 14.8 Å². The molecule has 0 saturated carbocycles. The molecule has 0 fully saturated rings. The standard InChI is InChI=1S/C17H15N3O3S/c21-8-9-24-17-19-18-16(20(17)13-4-2-1-3-5-13)12-6-7-14-15(10-12)23-11-22-14/h1-7,10,21H,8-9,11H2. The van der Waals surface area contributed by atoms with Gasteiger partial charge in [-0.2, -0.15) is 0 Å². The van der Waals surface area contributed by atoms with Gasteiger partial charge in [0.05, 0.1) is 6.61 Å². The summed E-state index contributed by atoms with van der Waals surface area (Å²) in [5, 5.41) is 18.5. The first kappa shape index (κ1) is 15.0. The van der Waals surface area contributed by atoms with Crippen LogP contribution in [0.3, 0.4) is 0 Å². The van der Waals surface area contributed by atoms with Gasteiger partial charge in [0.2, 0.25) is 6.79 Å². The lowest BCUT2D eigenvalue weighted by Gasteiger charge is -2.10. The van der Waals surface area contributed by atoms with E-state index >= 15 is 0 Å². The minimum Gasteiger partial charge on any atom is -0.454 e. The normalized spacial score (nSPS) is 12.5. The van der Waals surface area contributed by atoms with E-state index in [9.17, 15) is 0 Å². The van der Waals surface area contributed by atoms with Crippen LogP contribution in [0.25, 0.3) is 17.1 Å². The summed E-state index contributed by atoms with van der Waals surface area (Å²) in [5.74, 6) is 2.73. The van der Waals surface area contributed by atoms with Gasteiger partial charge in [-0.1, -0.05) is 30.0 Å². The highest BCUT2D eigenvalue weighted by atomic mass is 32.2. The van der Waals surface area contributed by atoms with Gasteiger partial charge < -0.3 is 14.6 Å². The molecule has 7 heteroatoms. The summed E-state index contributed by atoms with van der Waals surface area (Å²) >= 11 is 1.47. The maximum absolute atomic E-state index is 9.11. The fourth-order valence-corrected chi connectivity index (χ4v) is 3.23. The topological polar surface area (TPSA) is 69.4 Å². The summed E-state index contributed by atoms with van der Waals surface area (Å²) in [6, 6.07) is 15.6. The Hall–Kier alpha value is -2.51. The molecule has 1 aromatic heterocycles. The highest BCUT2D eigenvalue weighted by molar-refractivity contribution is 7.99. The Morgan fingerprint density at radius 1 is 1.04 bits per heavy atom. The van der Waals surface area contributed by atoms with E-state index in [1.165, 1.54) is 11.8 Å². The average Bonchev–Trinajstić information content (AvgIpc) is 3.26. The van der Waals surface area contributed by atoms with Gasteiger partial charge in [0.25, 0.3) is 0 Å². The molecule has 0 unspecified atom stereocenters. The van der Waals surface area contributed by atoms with E-state index < -0.39 is 0 Å². The second kappa shape index (κ2) is 6.54. The van der Waals surface area contributed by atoms with Crippen molar-refractivity contribution in [3.8, 4) is 28.6 Å². The summed E-state index contributed by atoms with van der Waals surface area (Å²) in [6.07, 6.45) is 0. The predicted octanol–water partition coefficient (Wildman–Crippen LogP) is 2.75. The lowest BCUT2D eigenvalue weighted by Crippen LogP contribution is -2.00. The molecular formula is C17H15N3O3S. The number of nitrogens with zero attached hydrogens (tertiary/aromatic N) is 3. The van der Waals surface area contributed by atoms with Crippen molar-refractivity contribution in [2.75, 3.05) is 19.2 Å². The van der Waals surface area contributed by atoms with Crippen LogP contribution in [-0.2, 0) is 0 Å². The number of fused-ring (bicyclic) bond motifs is 1. The summed E-state index contributed by atoms with van der Waals surface area (Å²) in [4.78, 5) is 0. The fraction of sp³-hybridized carbons (Fsp3) is 0.176. The van der Waals surface area contributed by atoms with Crippen LogP contribution in [0.5, 0.6) is 11.5 Å². The van der Waals surface area contributed by atoms with E-state index in [4.69, 9.17) is 14.6 Å². The predicted molar refractivity (Wildman–Crippen MR) is 90.7 cm³/mol. The number of thioether (sulfide) groups is 1. The van der Waals surface area contributed by atoms with Gasteiger partial charge in [-0.25, -0.2) is 0 Å². The van der Waals surface area contributed by atoms with E-state index in [0.29, 0.717) is 11.5 Å². The van der Waals surface area contributed by atoms with Crippen LogP contribution in [0.15, 0.2) is 53.7 Å². The van der Waals surface area contributed by atoms with E-state index in [0.717, 1.165) is 28.0 Å². The molecule has 0 amide bonds. The number of aromatic nitrogens is 3. The third kappa shape index (κ3) is 2.72. The van der Waals surface area contributed by atoms with Crippen molar-refractivity contribution in [1.29, 1.82) is 0 Å². The molecule has 0 radical (unpaired) electrons. The third-order valence-electron chi connectivity index (χ3n) is 3.60. The minimum atomic E-state index is 0.0890. The van der Waals surface area contributed by atoms with E-state index in [-0.39, 0.29) is 13.4 Å². The van der Waals surface area contributed by atoms with Gasteiger partial charge >= 0.3 is 0 Å². The van der Waals surface area contributed by atoms with Gasteiger partial charge in [-0.15, -0.1) is 10.2 Å². The van der Waals surface area contributed by atoms with Crippen LogP contribution in [0, 0.1) is 0 Å². The molecule has 2 aromatic carbocycles. The number of benzene rings is 2. The molecule has 6 nitrogen and oxygen atoms in total. The van der Waals surface area contributed by atoms with Crippen molar-refractivity contribution in [3.63, 3.8) is 0 Å². The van der Waals surface area contributed by atoms with Crippen LogP contribution >= 0.6 is 11.8 Å². The Labute approximate surface area is 143 Å². The van der Waals surface area contributed by atoms with Gasteiger partial charge in [0, 0.05) is 17.0 Å². The molecule has 0 bridgehead atoms. The van der Waals surface area contributed by atoms with Crippen molar-refractivity contribution < 1.29 is 14.6 Å². The largest absolute Gasteiger partial charge is 0.454 e. The Bertz CT molecular complexity index is 852. The van der Waals surface area contributed by atoms with E-state index in [2.05, 4.69) is 10.2 Å². The van der Waals surface area contributed by atoms with Crippen LogP contribution in [0.1, 0.15) is 0 Å². The number of para-hydroxylation sites is 1. The van der Waals surface area contributed by atoms with Crippen LogP contribution in [0.4, 0.5) is 0 Å². The van der Waals surface area contributed by atoms with Gasteiger partial charge in [0.1, 0.15) is 0 Å². The zero-order chi connectivity index (χ0) is 16.4. The molecule has 0 saturated heterocycles. The lowest BCUT2D eigenvalue weighted by molar-refractivity contribution is 0.174. The Kier molecular flexibility index (Phi) is 4.10. The number of aliphatic hydroxyl groups excluding tert-OH is 1. The second-order valence-electron chi connectivity index (χ2n) is 5.12. The molecule has 122 valence electrons. The molecule has 0 aliphatic carbocycles. The maximum atomic E-state index is 9.11. The third-order valence-corrected chi connectivity index (χ3v) is 4.51. The van der Waals surface area contributed by atoms with Crippen molar-refractivity contribution in [2.45, 2.75) is 5.16 Å². The molecule has 0 spiro atoms. The first-order chi connectivity index (χ1) is 11.9. The van der Waals surface area contributed by atoms with Crippen LogP contribution in [-0.4, -0.2) is 39.0 Å². The van der Waals surface area contributed by atoms with Crippen molar-refractivity contribution in [3.05, 3.63) is 48.5 Å². The van der Waals surface area contributed by atoms with Crippen LogP contribution in [0.2, 0.25) is 0 Å². The molecule has 24 heavy (non-hydrogen) atoms. The molecule has 3 aromatic rings. The molecule has 2 heterocycles. The second-order valence-corrected chi connectivity index (χ2v) is 6.18. The SMILES string of the molecule is OCCSc1nnc(-c2ccc3c(c2)OCO3)n1-c1ccccc1. The first-order valence-electron chi connectivity index (χ1n) is 7.51. The summed E-state index contributed by atoms with van der Waals surface area (Å²) < 4.78 is 12.8. The van der Waals surface area contributed by atoms with E-state index in [1.54, 1.807) is 0 Å². The molecule has 0 atom stereocenters. The minimum absolute atomic E-state index is 0.0890. The number of ether oxygens (including phenoxy) is 2. The highest BCUT2D eigenvalue weighted by Gasteiger charge is 2.19. The molecule has 1 aliphatic rings. The number of hydrogen-bond donors (Lipinski definition) is 1. The van der Waals surface area contributed by atoms with Crippen LogP contribution < -0.4 is 9.47 Å². The maximum Gasteiger partial charge on any atom is 0.231 e. The van der Waals surface area contributed by atoms with E-state index in [1.807, 2.05) is 53.1 Å². The monoisotopic (exact) mass is 341 g/mol. The van der Waals surface area contributed by atoms with Crippen molar-refractivity contribution in [2.24, 2.45) is 0 Å². The molecular weight excluding hydrogens is 326 g/mol. The summed E-state index contributed by atoms with van der Waals surface area (Å²) in [5.41, 5.74) is 1.86. The summed E-state index contributed by atoms with van der Waals surface area (Å²) in [7, 11) is 0. The Morgan fingerprint density at radius 2 is 1.88 bits per heavy atom. The zero-order valence-electron chi connectivity index (χ0n) is 12.8. The first-order valence-corrected chi connectivity index (χ1v) is 8.50. The quantitative estimate of drug-likeness (QED) is 0.720. The molecule has 4 rings (SSSR count). The lowest BCUT2D eigenvalue weighted by atomic mass is 10.2. The number of aliphatic hydroxyl groups is 1. The fourth-order valence-electron chi connectivity index (χ4n) is 2.53. The zero-order valence-corrected chi connectivity index (χ0v) is 13.6. The number of hydrogen-bond acceptors (Lipinski definition) is 6. The molecule has 1 N–H and O–H groups in total. The Balaban J connectivity index is 1.82. The van der Waals surface area contributed by atoms with Gasteiger partial charge in [0.15, 0.2) is 22.5 Å². The summed E-state index contributed by atoms with van der Waals surface area (Å²) in [6.45, 7) is 0.327. The van der Waals surface area contributed by atoms with Gasteiger partial charge in [-0.3, -0.25) is 4.57 Å². The smallest absolute Gasteiger partial charge is 0.231 e. The van der Waals surface area contributed by atoms with Gasteiger partial charge in [-0.05, 0) is 30.3 Å². The molecule has 1 aliphatic heterocycles. The highest BCUT2D eigenvalue weighted by Crippen LogP contribution is 2.36. The average molecular weight is 341 g/mol. The number of rotatable bonds is 5. The van der Waals surface area contributed by atoms with Crippen molar-refractivity contribution >= 4 is 11.8 Å². The Morgan fingerprint density at radius 3 is 2.71 bits per heavy atom.